The maximum atomic E-state index is 12.0. The third-order valence-electron chi connectivity index (χ3n) is 2.83. The highest BCUT2D eigenvalue weighted by Crippen LogP contribution is 2.28. The fourth-order valence-corrected chi connectivity index (χ4v) is 1.73. The molecule has 0 heterocycles. The number of hydrogen-bond acceptors (Lipinski definition) is 6. The summed E-state index contributed by atoms with van der Waals surface area (Å²) in [6.07, 6.45) is 0. The molecule has 0 fully saturated rings. The maximum Gasteiger partial charge on any atom is 0.343 e. The summed E-state index contributed by atoms with van der Waals surface area (Å²) in [5.41, 5.74) is 0.248. The molecule has 0 saturated heterocycles. The van der Waals surface area contributed by atoms with E-state index in [4.69, 9.17) is 4.74 Å². The fraction of sp³-hybridized carbons (Fsp3) is 0.0714. The summed E-state index contributed by atoms with van der Waals surface area (Å²) in [7, 11) is 0. The Morgan fingerprint density at radius 3 is 2.18 bits per heavy atom. The van der Waals surface area contributed by atoms with E-state index < -0.39 is 15.8 Å². The summed E-state index contributed by atoms with van der Waals surface area (Å²) in [6, 6.07) is 8.91. The van der Waals surface area contributed by atoms with Crippen LogP contribution in [0.1, 0.15) is 15.9 Å². The molecule has 2 aromatic rings. The van der Waals surface area contributed by atoms with Gasteiger partial charge in [-0.25, -0.2) is 4.79 Å². The Hall–Kier alpha value is -3.29. The molecular weight excluding hydrogens is 292 g/mol. The van der Waals surface area contributed by atoms with Gasteiger partial charge in [-0.3, -0.25) is 20.2 Å². The number of nitrogens with zero attached hydrogens (tertiary/aromatic N) is 2. The number of carbonyl (C=O) groups is 1. The Bertz CT molecular complexity index is 754. The number of nitro groups is 2. The van der Waals surface area contributed by atoms with Crippen molar-refractivity contribution < 1.29 is 19.4 Å². The Kier molecular flexibility index (Phi) is 4.12. The van der Waals surface area contributed by atoms with E-state index in [1.165, 1.54) is 30.3 Å². The first kappa shape index (κ1) is 15.1. The molecule has 0 aliphatic carbocycles. The van der Waals surface area contributed by atoms with Gasteiger partial charge in [0, 0.05) is 18.2 Å². The second-order valence-corrected chi connectivity index (χ2v) is 4.42. The first-order chi connectivity index (χ1) is 10.4. The van der Waals surface area contributed by atoms with E-state index in [1.54, 1.807) is 6.92 Å². The van der Waals surface area contributed by atoms with Crippen molar-refractivity contribution in [3.63, 3.8) is 0 Å². The average Bonchev–Trinajstić information content (AvgIpc) is 2.47. The highest BCUT2D eigenvalue weighted by Gasteiger charge is 2.19. The number of aryl methyl sites for hydroxylation is 1. The third-order valence-corrected chi connectivity index (χ3v) is 2.83. The molecule has 0 aromatic heterocycles. The summed E-state index contributed by atoms with van der Waals surface area (Å²) >= 11 is 0. The molecule has 2 rings (SSSR count). The van der Waals surface area contributed by atoms with E-state index in [2.05, 4.69) is 0 Å². The van der Waals surface area contributed by atoms with Crippen LogP contribution in [-0.4, -0.2) is 15.8 Å². The van der Waals surface area contributed by atoms with Gasteiger partial charge >= 0.3 is 11.7 Å². The van der Waals surface area contributed by atoms with Gasteiger partial charge in [0.15, 0.2) is 0 Å². The van der Waals surface area contributed by atoms with Crippen LogP contribution in [0.25, 0.3) is 0 Å². The summed E-state index contributed by atoms with van der Waals surface area (Å²) in [5, 5.41) is 21.5. The Balaban J connectivity index is 2.27. The third kappa shape index (κ3) is 3.23. The normalized spacial score (nSPS) is 10.0. The number of hydrogen-bond donors (Lipinski definition) is 0. The predicted molar refractivity (Wildman–Crippen MR) is 75.9 cm³/mol. The van der Waals surface area contributed by atoms with Crippen LogP contribution in [0.2, 0.25) is 0 Å². The number of carbonyl (C=O) groups excluding carboxylic acids is 1. The van der Waals surface area contributed by atoms with Crippen molar-refractivity contribution in [2.45, 2.75) is 6.92 Å². The zero-order valence-electron chi connectivity index (χ0n) is 11.4. The van der Waals surface area contributed by atoms with Gasteiger partial charge < -0.3 is 4.74 Å². The minimum atomic E-state index is -0.830. The molecule has 0 aliphatic rings. The van der Waals surface area contributed by atoms with Crippen molar-refractivity contribution >= 4 is 17.3 Å². The summed E-state index contributed by atoms with van der Waals surface area (Å²) in [6.45, 7) is 1.70. The molecule has 2 aromatic carbocycles. The SMILES string of the molecule is Cc1ccc([N+](=O)[O-])c(OC(=O)c2ccc([N+](=O)[O-])cc2)c1. The standard InChI is InChI=1S/C14H10N2O6/c1-9-2-7-12(16(20)21)13(8-9)22-14(17)10-3-5-11(6-4-10)15(18)19/h2-8H,1H3. The Morgan fingerprint density at radius 1 is 1.00 bits per heavy atom. The number of esters is 1. The number of ether oxygens (including phenoxy) is 1. The number of non-ortho nitro benzene ring substituents is 1. The predicted octanol–water partition coefficient (Wildman–Crippen LogP) is 3.03. The molecule has 8 heteroatoms. The van der Waals surface area contributed by atoms with Crippen molar-refractivity contribution in [2.24, 2.45) is 0 Å². The van der Waals surface area contributed by atoms with Crippen molar-refractivity contribution in [3.05, 3.63) is 73.8 Å². The Morgan fingerprint density at radius 2 is 1.64 bits per heavy atom. The first-order valence-corrected chi connectivity index (χ1v) is 6.10. The van der Waals surface area contributed by atoms with Crippen LogP contribution in [0.3, 0.4) is 0 Å². The van der Waals surface area contributed by atoms with Gasteiger partial charge in [-0.05, 0) is 30.7 Å². The van der Waals surface area contributed by atoms with Gasteiger partial charge in [0.2, 0.25) is 5.75 Å². The lowest BCUT2D eigenvalue weighted by atomic mass is 10.2. The molecule has 0 unspecified atom stereocenters. The van der Waals surface area contributed by atoms with Crippen LogP contribution in [0.5, 0.6) is 5.75 Å². The van der Waals surface area contributed by atoms with E-state index in [1.807, 2.05) is 0 Å². The first-order valence-electron chi connectivity index (χ1n) is 6.10. The molecule has 0 spiro atoms. The quantitative estimate of drug-likeness (QED) is 0.371. The van der Waals surface area contributed by atoms with Crippen LogP contribution < -0.4 is 4.74 Å². The maximum absolute atomic E-state index is 12.0. The summed E-state index contributed by atoms with van der Waals surface area (Å²) in [4.78, 5) is 32.2. The minimum absolute atomic E-state index is 0.0569. The number of benzene rings is 2. The molecule has 8 nitrogen and oxygen atoms in total. The van der Waals surface area contributed by atoms with Crippen molar-refractivity contribution in [1.29, 1.82) is 0 Å². The van der Waals surface area contributed by atoms with Crippen LogP contribution in [0, 0.1) is 27.2 Å². The molecule has 0 amide bonds. The molecule has 0 N–H and O–H groups in total. The topological polar surface area (TPSA) is 113 Å². The lowest BCUT2D eigenvalue weighted by Crippen LogP contribution is -2.10. The molecule has 0 aliphatic heterocycles. The van der Waals surface area contributed by atoms with Crippen molar-refractivity contribution in [3.8, 4) is 5.75 Å². The largest absolute Gasteiger partial charge is 0.416 e. The molecule has 0 atom stereocenters. The molecule has 0 radical (unpaired) electrons. The number of nitro benzene ring substituents is 2. The van der Waals surface area contributed by atoms with Gasteiger partial charge in [0.05, 0.1) is 15.4 Å². The van der Waals surface area contributed by atoms with E-state index >= 15 is 0 Å². The van der Waals surface area contributed by atoms with Crippen LogP contribution in [0.4, 0.5) is 11.4 Å². The lowest BCUT2D eigenvalue weighted by molar-refractivity contribution is -0.385. The van der Waals surface area contributed by atoms with Crippen LogP contribution in [0.15, 0.2) is 42.5 Å². The number of rotatable bonds is 4. The second kappa shape index (κ2) is 6.00. The van der Waals surface area contributed by atoms with Crippen LogP contribution >= 0.6 is 0 Å². The van der Waals surface area contributed by atoms with E-state index in [0.29, 0.717) is 5.56 Å². The zero-order valence-corrected chi connectivity index (χ0v) is 11.4. The van der Waals surface area contributed by atoms with E-state index in [-0.39, 0.29) is 22.7 Å². The lowest BCUT2D eigenvalue weighted by Gasteiger charge is -2.06. The van der Waals surface area contributed by atoms with Gasteiger partial charge in [0.25, 0.3) is 5.69 Å². The van der Waals surface area contributed by atoms with Gasteiger partial charge in [-0.1, -0.05) is 6.07 Å². The fourth-order valence-electron chi connectivity index (χ4n) is 1.73. The monoisotopic (exact) mass is 302 g/mol. The van der Waals surface area contributed by atoms with Gasteiger partial charge in [-0.2, -0.15) is 0 Å². The second-order valence-electron chi connectivity index (χ2n) is 4.42. The van der Waals surface area contributed by atoms with E-state index in [9.17, 15) is 25.0 Å². The van der Waals surface area contributed by atoms with Crippen molar-refractivity contribution in [2.75, 3.05) is 0 Å². The molecule has 0 bridgehead atoms. The molecule has 112 valence electrons. The molecule has 22 heavy (non-hydrogen) atoms. The molecular formula is C14H10N2O6. The van der Waals surface area contributed by atoms with E-state index in [0.717, 1.165) is 12.1 Å². The zero-order chi connectivity index (χ0) is 16.3. The Labute approximate surface area is 124 Å². The van der Waals surface area contributed by atoms with Gasteiger partial charge in [0.1, 0.15) is 0 Å². The highest BCUT2D eigenvalue weighted by atomic mass is 16.6. The summed E-state index contributed by atoms with van der Waals surface area (Å²) in [5.74, 6) is -1.00. The highest BCUT2D eigenvalue weighted by molar-refractivity contribution is 5.91. The smallest absolute Gasteiger partial charge is 0.343 e. The van der Waals surface area contributed by atoms with Crippen molar-refractivity contribution in [1.82, 2.24) is 0 Å². The minimum Gasteiger partial charge on any atom is -0.416 e. The average molecular weight is 302 g/mol. The van der Waals surface area contributed by atoms with Gasteiger partial charge in [-0.15, -0.1) is 0 Å². The summed E-state index contributed by atoms with van der Waals surface area (Å²) < 4.78 is 5.02. The molecule has 0 saturated carbocycles. The van der Waals surface area contributed by atoms with Crippen LogP contribution in [-0.2, 0) is 0 Å².